The van der Waals surface area contributed by atoms with Gasteiger partial charge in [-0.05, 0) is 30.5 Å². The number of carbonyl (C=O) groups is 1. The number of hydrogen-bond donors (Lipinski definition) is 0. The van der Waals surface area contributed by atoms with E-state index < -0.39 is 9.73 Å². The number of methoxy groups -OCH3 is 1. The van der Waals surface area contributed by atoms with Gasteiger partial charge in [-0.15, -0.1) is 0 Å². The highest BCUT2D eigenvalue weighted by Crippen LogP contribution is 2.40. The second-order valence-corrected chi connectivity index (χ2v) is 10.8. The SMILES string of the molecule is COc1ccc(C(=O)c2cnn(C)c2OCc2ccccc2)c(Cl)c1N=S1(=O)CCCCC1. The Balaban J connectivity index is 1.70. The summed E-state index contributed by atoms with van der Waals surface area (Å²) >= 11 is 6.66. The highest BCUT2D eigenvalue weighted by molar-refractivity contribution is 7.93. The lowest BCUT2D eigenvalue weighted by Gasteiger charge is -2.17. The monoisotopic (exact) mass is 487 g/mol. The average Bonchev–Trinajstić information content (AvgIpc) is 3.20. The lowest BCUT2D eigenvalue weighted by atomic mass is 10.0. The van der Waals surface area contributed by atoms with Gasteiger partial charge in [-0.25, -0.2) is 8.89 Å². The summed E-state index contributed by atoms with van der Waals surface area (Å²) in [6.45, 7) is 0.291. The van der Waals surface area contributed by atoms with Crippen LogP contribution in [0.2, 0.25) is 5.02 Å². The molecule has 0 amide bonds. The Kier molecular flexibility index (Phi) is 7.05. The van der Waals surface area contributed by atoms with E-state index in [9.17, 15) is 9.00 Å². The van der Waals surface area contributed by atoms with Crippen LogP contribution in [-0.4, -0.2) is 38.4 Å². The van der Waals surface area contributed by atoms with Gasteiger partial charge in [0, 0.05) is 24.1 Å². The minimum atomic E-state index is -2.44. The van der Waals surface area contributed by atoms with E-state index in [0.29, 0.717) is 29.7 Å². The number of aryl methyl sites for hydroxylation is 1. The molecule has 0 aliphatic carbocycles. The van der Waals surface area contributed by atoms with Gasteiger partial charge in [0.25, 0.3) is 0 Å². The van der Waals surface area contributed by atoms with Crippen molar-refractivity contribution in [1.82, 2.24) is 9.78 Å². The smallest absolute Gasteiger partial charge is 0.223 e. The molecule has 33 heavy (non-hydrogen) atoms. The zero-order valence-electron chi connectivity index (χ0n) is 18.6. The molecule has 0 N–H and O–H groups in total. The van der Waals surface area contributed by atoms with Crippen LogP contribution < -0.4 is 9.47 Å². The Hall–Kier alpha value is -2.84. The minimum absolute atomic E-state index is 0.116. The van der Waals surface area contributed by atoms with Crippen molar-refractivity contribution in [2.24, 2.45) is 11.4 Å². The molecule has 1 aromatic heterocycles. The number of aromatic nitrogens is 2. The normalized spacial score (nSPS) is 15.1. The lowest BCUT2D eigenvalue weighted by Crippen LogP contribution is -2.16. The third-order valence-corrected chi connectivity index (χ3v) is 8.33. The van der Waals surface area contributed by atoms with Crippen LogP contribution >= 0.6 is 11.6 Å². The number of hydrogen-bond acceptors (Lipinski definition) is 6. The second-order valence-electron chi connectivity index (χ2n) is 7.90. The molecule has 3 aromatic rings. The Morgan fingerprint density at radius 2 is 1.85 bits per heavy atom. The van der Waals surface area contributed by atoms with Gasteiger partial charge in [0.2, 0.25) is 11.7 Å². The fourth-order valence-electron chi connectivity index (χ4n) is 3.79. The molecule has 1 aliphatic heterocycles. The molecule has 2 aromatic carbocycles. The third kappa shape index (κ3) is 5.07. The summed E-state index contributed by atoms with van der Waals surface area (Å²) < 4.78 is 30.6. The molecule has 2 heterocycles. The highest BCUT2D eigenvalue weighted by atomic mass is 35.5. The topological polar surface area (TPSA) is 82.8 Å². The standard InChI is InChI=1S/C24H26ClN3O4S/c1-28-24(32-16-17-9-5-3-6-10-17)19(15-26-28)23(29)18-11-12-20(31-2)22(21(18)25)27-33(30)13-7-4-8-14-33/h3,5-6,9-12,15H,4,7-8,13-14,16H2,1-2H3. The van der Waals surface area contributed by atoms with Gasteiger partial charge in [-0.2, -0.15) is 9.46 Å². The lowest BCUT2D eigenvalue weighted by molar-refractivity contribution is 0.103. The van der Waals surface area contributed by atoms with Crippen molar-refractivity contribution in [2.45, 2.75) is 25.9 Å². The summed E-state index contributed by atoms with van der Waals surface area (Å²) in [5, 5.41) is 4.32. The Labute approximate surface area is 198 Å². The fourth-order valence-corrected chi connectivity index (χ4v) is 6.33. The molecule has 0 bridgehead atoms. The van der Waals surface area contributed by atoms with Crippen molar-refractivity contribution >= 4 is 32.8 Å². The molecule has 1 saturated heterocycles. The zero-order chi connectivity index (χ0) is 23.4. The first-order valence-corrected chi connectivity index (χ1v) is 13.0. The molecule has 174 valence electrons. The molecule has 0 unspecified atom stereocenters. The molecule has 7 nitrogen and oxygen atoms in total. The van der Waals surface area contributed by atoms with Gasteiger partial charge in [-0.3, -0.25) is 4.79 Å². The number of halogens is 1. The summed E-state index contributed by atoms with van der Waals surface area (Å²) in [5.74, 6) is 1.41. The number of ether oxygens (including phenoxy) is 2. The molecular formula is C24H26ClN3O4S. The molecule has 0 radical (unpaired) electrons. The van der Waals surface area contributed by atoms with Gasteiger partial charge in [-0.1, -0.05) is 48.4 Å². The van der Waals surface area contributed by atoms with Crippen molar-refractivity contribution in [3.63, 3.8) is 0 Å². The summed E-state index contributed by atoms with van der Waals surface area (Å²) in [7, 11) is 0.765. The average molecular weight is 488 g/mol. The van der Waals surface area contributed by atoms with Gasteiger partial charge in [0.05, 0.1) is 28.1 Å². The molecule has 0 saturated carbocycles. The first-order chi connectivity index (χ1) is 15.9. The van der Waals surface area contributed by atoms with Crippen LogP contribution in [0, 0.1) is 0 Å². The van der Waals surface area contributed by atoms with Crippen LogP contribution in [0.1, 0.15) is 40.7 Å². The fraction of sp³-hybridized carbons (Fsp3) is 0.333. The van der Waals surface area contributed by atoms with E-state index >= 15 is 0 Å². The Morgan fingerprint density at radius 1 is 1.12 bits per heavy atom. The maximum Gasteiger partial charge on any atom is 0.223 e. The van der Waals surface area contributed by atoms with Crippen molar-refractivity contribution in [3.8, 4) is 11.6 Å². The maximum absolute atomic E-state index is 13.5. The number of ketones is 1. The van der Waals surface area contributed by atoms with E-state index in [2.05, 4.69) is 9.46 Å². The van der Waals surface area contributed by atoms with Crippen LogP contribution in [0.3, 0.4) is 0 Å². The summed E-state index contributed by atoms with van der Waals surface area (Å²) in [5.41, 5.74) is 1.74. The summed E-state index contributed by atoms with van der Waals surface area (Å²) in [4.78, 5) is 13.5. The predicted octanol–water partition coefficient (Wildman–Crippen LogP) is 5.18. The van der Waals surface area contributed by atoms with Crippen LogP contribution in [0.4, 0.5) is 5.69 Å². The molecule has 0 atom stereocenters. The summed E-state index contributed by atoms with van der Waals surface area (Å²) in [6, 6.07) is 12.9. The van der Waals surface area contributed by atoms with E-state index in [-0.39, 0.29) is 27.6 Å². The maximum atomic E-state index is 13.5. The van der Waals surface area contributed by atoms with Crippen LogP contribution in [-0.2, 0) is 23.4 Å². The quantitative estimate of drug-likeness (QED) is 0.429. The largest absolute Gasteiger partial charge is 0.494 e. The number of benzene rings is 2. The van der Waals surface area contributed by atoms with Crippen molar-refractivity contribution in [1.29, 1.82) is 0 Å². The van der Waals surface area contributed by atoms with E-state index in [1.54, 1.807) is 19.2 Å². The zero-order valence-corrected chi connectivity index (χ0v) is 20.2. The highest BCUT2D eigenvalue weighted by Gasteiger charge is 2.25. The number of carbonyl (C=O) groups excluding carboxylic acids is 1. The van der Waals surface area contributed by atoms with Crippen molar-refractivity contribution in [2.75, 3.05) is 18.6 Å². The van der Waals surface area contributed by atoms with E-state index in [4.69, 9.17) is 21.1 Å². The molecule has 1 fully saturated rings. The Morgan fingerprint density at radius 3 is 2.55 bits per heavy atom. The first-order valence-electron chi connectivity index (χ1n) is 10.7. The van der Waals surface area contributed by atoms with Crippen LogP contribution in [0.25, 0.3) is 0 Å². The number of rotatable bonds is 7. The molecule has 4 rings (SSSR count). The molecule has 1 aliphatic rings. The summed E-state index contributed by atoms with van der Waals surface area (Å²) in [6.07, 6.45) is 4.22. The number of nitrogens with zero attached hydrogens (tertiary/aromatic N) is 3. The van der Waals surface area contributed by atoms with E-state index in [1.807, 2.05) is 30.3 Å². The van der Waals surface area contributed by atoms with Gasteiger partial charge >= 0.3 is 0 Å². The Bertz CT molecular complexity index is 1270. The minimum Gasteiger partial charge on any atom is -0.494 e. The van der Waals surface area contributed by atoms with E-state index in [1.165, 1.54) is 18.0 Å². The molecule has 9 heteroatoms. The van der Waals surface area contributed by atoms with Crippen molar-refractivity contribution < 1.29 is 18.5 Å². The predicted molar refractivity (Wildman–Crippen MR) is 129 cm³/mol. The van der Waals surface area contributed by atoms with Crippen molar-refractivity contribution in [3.05, 3.63) is 70.4 Å². The van der Waals surface area contributed by atoms with Crippen LogP contribution in [0.15, 0.2) is 53.0 Å². The van der Waals surface area contributed by atoms with Gasteiger partial charge < -0.3 is 9.47 Å². The second kappa shape index (κ2) is 9.97. The molecular weight excluding hydrogens is 462 g/mol. The third-order valence-electron chi connectivity index (χ3n) is 5.58. The molecule has 0 spiro atoms. The first kappa shape index (κ1) is 23.3. The van der Waals surface area contributed by atoms with Gasteiger partial charge in [0.1, 0.15) is 23.6 Å². The van der Waals surface area contributed by atoms with Crippen LogP contribution in [0.5, 0.6) is 11.6 Å². The van der Waals surface area contributed by atoms with Gasteiger partial charge in [0.15, 0.2) is 0 Å². The van der Waals surface area contributed by atoms with E-state index in [0.717, 1.165) is 24.8 Å².